The smallest absolute Gasteiger partial charge is 0.000895 e. The molecule has 1 atom stereocenters. The number of hydrogen-bond donors (Lipinski definition) is 1. The van der Waals surface area contributed by atoms with Crippen LogP contribution in [0.2, 0.25) is 0 Å². The lowest BCUT2D eigenvalue weighted by Crippen LogP contribution is -2.09. The summed E-state index contributed by atoms with van der Waals surface area (Å²) in [6.45, 7) is 9.03. The van der Waals surface area contributed by atoms with Crippen molar-refractivity contribution < 1.29 is 0 Å². The van der Waals surface area contributed by atoms with E-state index in [9.17, 15) is 0 Å². The van der Waals surface area contributed by atoms with Gasteiger partial charge in [-0.3, -0.25) is 0 Å². The van der Waals surface area contributed by atoms with Crippen LogP contribution in [0.5, 0.6) is 0 Å². The minimum absolute atomic E-state index is 0.614. The highest BCUT2D eigenvalue weighted by atomic mass is 32.1. The van der Waals surface area contributed by atoms with Crippen molar-refractivity contribution in [3.63, 3.8) is 0 Å². The molecule has 0 saturated heterocycles. The normalized spacial score (nSPS) is 18.3. The fourth-order valence-electron chi connectivity index (χ4n) is 2.71. The molecular formula is C17H36S. The Morgan fingerprint density at radius 2 is 1.61 bits per heavy atom. The second kappa shape index (κ2) is 12.4. The van der Waals surface area contributed by atoms with Gasteiger partial charge in [0.1, 0.15) is 0 Å². The first-order valence-electron chi connectivity index (χ1n) is 8.24. The zero-order valence-corrected chi connectivity index (χ0v) is 14.1. The molecule has 0 bridgehead atoms. The zero-order valence-electron chi connectivity index (χ0n) is 13.3. The Kier molecular flexibility index (Phi) is 12.6. The maximum absolute atomic E-state index is 4.41. The van der Waals surface area contributed by atoms with E-state index in [4.69, 9.17) is 0 Å². The van der Waals surface area contributed by atoms with Crippen LogP contribution in [-0.4, -0.2) is 5.25 Å². The first-order chi connectivity index (χ1) is 8.56. The van der Waals surface area contributed by atoms with E-state index in [0.29, 0.717) is 5.25 Å². The van der Waals surface area contributed by atoms with E-state index < -0.39 is 0 Å². The molecule has 0 unspecified atom stereocenters. The van der Waals surface area contributed by atoms with E-state index in [2.05, 4.69) is 40.3 Å². The molecule has 0 radical (unpaired) electrons. The lowest BCUT2D eigenvalue weighted by molar-refractivity contribution is 0.340. The lowest BCUT2D eigenvalue weighted by Gasteiger charge is -2.22. The van der Waals surface area contributed by atoms with Gasteiger partial charge in [0.05, 0.1) is 0 Å². The van der Waals surface area contributed by atoms with Gasteiger partial charge in [-0.1, -0.05) is 85.5 Å². The third-order valence-electron chi connectivity index (χ3n) is 3.78. The van der Waals surface area contributed by atoms with Gasteiger partial charge in [-0.25, -0.2) is 0 Å². The SMILES string of the molecule is CCCCCC(C)C.C[C@@H](S)CC1CCCCC1. The number of unbranched alkanes of at least 4 members (excludes halogenated alkanes) is 2. The highest BCUT2D eigenvalue weighted by Crippen LogP contribution is 2.28. The summed E-state index contributed by atoms with van der Waals surface area (Å²) >= 11 is 4.41. The third-order valence-corrected chi connectivity index (χ3v) is 4.00. The van der Waals surface area contributed by atoms with Crippen molar-refractivity contribution in [1.82, 2.24) is 0 Å². The summed E-state index contributed by atoms with van der Waals surface area (Å²) in [6.07, 6.45) is 14.3. The predicted octanol–water partition coefficient (Wildman–Crippen LogP) is 6.50. The summed E-state index contributed by atoms with van der Waals surface area (Å²) < 4.78 is 0. The predicted molar refractivity (Wildman–Crippen MR) is 88.6 cm³/mol. The molecule has 1 fully saturated rings. The maximum atomic E-state index is 4.41. The maximum Gasteiger partial charge on any atom is -0.000895 e. The van der Waals surface area contributed by atoms with Crippen molar-refractivity contribution in [3.05, 3.63) is 0 Å². The number of rotatable bonds is 6. The van der Waals surface area contributed by atoms with Crippen LogP contribution in [0.25, 0.3) is 0 Å². The van der Waals surface area contributed by atoms with E-state index in [1.165, 1.54) is 64.2 Å². The minimum Gasteiger partial charge on any atom is -0.176 e. The Balaban J connectivity index is 0.000000331. The van der Waals surface area contributed by atoms with Crippen LogP contribution in [0.15, 0.2) is 0 Å². The van der Waals surface area contributed by atoms with Crippen molar-refractivity contribution in [2.24, 2.45) is 11.8 Å². The first-order valence-corrected chi connectivity index (χ1v) is 8.75. The molecule has 0 N–H and O–H groups in total. The third kappa shape index (κ3) is 12.8. The van der Waals surface area contributed by atoms with Gasteiger partial charge in [-0.2, -0.15) is 12.6 Å². The van der Waals surface area contributed by atoms with Gasteiger partial charge in [0.2, 0.25) is 0 Å². The molecule has 1 aliphatic carbocycles. The van der Waals surface area contributed by atoms with Gasteiger partial charge in [-0.15, -0.1) is 0 Å². The molecule has 18 heavy (non-hydrogen) atoms. The molecule has 1 heteroatoms. The second-order valence-electron chi connectivity index (χ2n) is 6.48. The monoisotopic (exact) mass is 272 g/mol. The highest BCUT2D eigenvalue weighted by molar-refractivity contribution is 7.80. The average Bonchev–Trinajstić information content (AvgIpc) is 2.30. The van der Waals surface area contributed by atoms with Crippen LogP contribution < -0.4 is 0 Å². The molecular weight excluding hydrogens is 236 g/mol. The Hall–Kier alpha value is 0.350. The van der Waals surface area contributed by atoms with Gasteiger partial charge in [0, 0.05) is 0 Å². The van der Waals surface area contributed by atoms with Crippen LogP contribution in [-0.2, 0) is 0 Å². The summed E-state index contributed by atoms with van der Waals surface area (Å²) in [4.78, 5) is 0. The second-order valence-corrected chi connectivity index (χ2v) is 7.36. The largest absolute Gasteiger partial charge is 0.176 e. The molecule has 0 aromatic heterocycles. The molecule has 0 aromatic carbocycles. The van der Waals surface area contributed by atoms with Gasteiger partial charge in [0.15, 0.2) is 0 Å². The molecule has 1 aliphatic rings. The summed E-state index contributed by atoms with van der Waals surface area (Å²) in [5.41, 5.74) is 0. The Morgan fingerprint density at radius 3 is 2.06 bits per heavy atom. The van der Waals surface area contributed by atoms with E-state index in [-0.39, 0.29) is 0 Å². The molecule has 0 spiro atoms. The summed E-state index contributed by atoms with van der Waals surface area (Å²) in [7, 11) is 0. The first kappa shape index (κ1) is 18.4. The summed E-state index contributed by atoms with van der Waals surface area (Å²) in [5, 5.41) is 0.614. The summed E-state index contributed by atoms with van der Waals surface area (Å²) in [5.74, 6) is 1.91. The van der Waals surface area contributed by atoms with Crippen molar-refractivity contribution in [1.29, 1.82) is 0 Å². The standard InChI is InChI=1S/C9H18S.C8H18/c1-8(10)7-9-5-3-2-4-6-9;1-4-5-6-7-8(2)3/h8-10H,2-7H2,1H3;8H,4-7H2,1-3H3/t8-;/m1./s1. The van der Waals surface area contributed by atoms with Crippen molar-refractivity contribution in [3.8, 4) is 0 Å². The molecule has 0 heterocycles. The Morgan fingerprint density at radius 1 is 1.00 bits per heavy atom. The van der Waals surface area contributed by atoms with Crippen molar-refractivity contribution >= 4 is 12.6 Å². The van der Waals surface area contributed by atoms with Crippen molar-refractivity contribution in [2.45, 2.75) is 97.2 Å². The number of hydrogen-bond acceptors (Lipinski definition) is 1. The van der Waals surface area contributed by atoms with Gasteiger partial charge in [0.25, 0.3) is 0 Å². The van der Waals surface area contributed by atoms with Crippen LogP contribution >= 0.6 is 12.6 Å². The van der Waals surface area contributed by atoms with E-state index in [1.54, 1.807) is 0 Å². The molecule has 110 valence electrons. The topological polar surface area (TPSA) is 0 Å². The molecule has 1 saturated carbocycles. The van der Waals surface area contributed by atoms with E-state index >= 15 is 0 Å². The van der Waals surface area contributed by atoms with E-state index in [0.717, 1.165) is 11.8 Å². The molecule has 0 aliphatic heterocycles. The van der Waals surface area contributed by atoms with Crippen molar-refractivity contribution in [2.75, 3.05) is 0 Å². The highest BCUT2D eigenvalue weighted by Gasteiger charge is 2.14. The fourth-order valence-corrected chi connectivity index (χ4v) is 3.01. The van der Waals surface area contributed by atoms with Gasteiger partial charge < -0.3 is 0 Å². The average molecular weight is 273 g/mol. The van der Waals surface area contributed by atoms with Gasteiger partial charge >= 0.3 is 0 Å². The molecule has 0 amide bonds. The zero-order chi connectivity index (χ0) is 13.8. The van der Waals surface area contributed by atoms with Gasteiger partial charge in [-0.05, 0) is 23.5 Å². The fraction of sp³-hybridized carbons (Fsp3) is 1.00. The van der Waals surface area contributed by atoms with E-state index in [1.807, 2.05) is 0 Å². The molecule has 0 nitrogen and oxygen atoms in total. The van der Waals surface area contributed by atoms with Crippen LogP contribution in [0.1, 0.15) is 91.9 Å². The van der Waals surface area contributed by atoms with Crippen LogP contribution in [0.3, 0.4) is 0 Å². The Bertz CT molecular complexity index is 157. The molecule has 0 aromatic rings. The summed E-state index contributed by atoms with van der Waals surface area (Å²) in [6, 6.07) is 0. The lowest BCUT2D eigenvalue weighted by atomic mass is 9.86. The van der Waals surface area contributed by atoms with Crippen LogP contribution in [0.4, 0.5) is 0 Å². The minimum atomic E-state index is 0.614. The molecule has 1 rings (SSSR count). The number of thiol groups is 1. The van der Waals surface area contributed by atoms with Crippen LogP contribution in [0, 0.1) is 11.8 Å². The Labute approximate surface area is 122 Å². The quantitative estimate of drug-likeness (QED) is 0.414.